The van der Waals surface area contributed by atoms with Gasteiger partial charge in [0.2, 0.25) is 0 Å². The number of phosphoric acid groups is 1. The molecule has 0 rings (SSSR count). The Kier molecular flexibility index (Phi) is 43.1. The van der Waals surface area contributed by atoms with Gasteiger partial charge in [0, 0.05) is 12.8 Å². The summed E-state index contributed by atoms with van der Waals surface area (Å²) in [6, 6.07) is 0. The summed E-state index contributed by atoms with van der Waals surface area (Å²) >= 11 is 0. The molecule has 0 saturated carbocycles. The maximum absolute atomic E-state index is 12.7. The highest BCUT2D eigenvalue weighted by Gasteiger charge is 2.27. The van der Waals surface area contributed by atoms with Crippen molar-refractivity contribution in [1.82, 2.24) is 0 Å². The first-order chi connectivity index (χ1) is 29.5. The summed E-state index contributed by atoms with van der Waals surface area (Å²) < 4.78 is 34.4. The summed E-state index contributed by atoms with van der Waals surface area (Å²) in [6.45, 7) is 4.44. The first-order valence-electron chi connectivity index (χ1n) is 25.9. The molecule has 0 aromatic heterocycles. The number of hydrogen-bond donors (Lipinski definition) is 1. The standard InChI is InChI=1S/C51H100NO8P/c1-6-8-10-12-14-16-18-20-22-23-24-25-26-27-28-29-30-32-33-35-37-39-41-43-50(53)57-47-49(48-59-61(55,56)58-46-45-52(3,4)5)60-51(54)44-42-40-38-36-34-31-21-19-17-15-13-11-9-7-2/h35,37,49H,6-34,36,38-48H2,1-5H3/p+1/b37-35+/t49-/m0/s1. The van der Waals surface area contributed by atoms with Gasteiger partial charge < -0.3 is 18.9 Å². The lowest BCUT2D eigenvalue weighted by Crippen LogP contribution is -2.37. The average molecular weight is 887 g/mol. The van der Waals surface area contributed by atoms with Crippen LogP contribution in [0.1, 0.15) is 251 Å². The normalized spacial score (nSPS) is 13.5. The van der Waals surface area contributed by atoms with Crippen LogP contribution in [0.2, 0.25) is 0 Å². The molecule has 0 radical (unpaired) electrons. The van der Waals surface area contributed by atoms with Gasteiger partial charge in [0.25, 0.3) is 0 Å². The van der Waals surface area contributed by atoms with Crippen molar-refractivity contribution in [2.75, 3.05) is 47.5 Å². The fourth-order valence-corrected chi connectivity index (χ4v) is 8.23. The maximum Gasteiger partial charge on any atom is 0.472 e. The number of ether oxygens (including phenoxy) is 2. The van der Waals surface area contributed by atoms with Crippen molar-refractivity contribution >= 4 is 19.8 Å². The van der Waals surface area contributed by atoms with Gasteiger partial charge in [0.15, 0.2) is 6.10 Å². The van der Waals surface area contributed by atoms with E-state index >= 15 is 0 Å². The van der Waals surface area contributed by atoms with Crippen LogP contribution in [-0.2, 0) is 32.7 Å². The zero-order valence-electron chi connectivity index (χ0n) is 40.9. The summed E-state index contributed by atoms with van der Waals surface area (Å²) in [5, 5.41) is 0. The second kappa shape index (κ2) is 44.0. The largest absolute Gasteiger partial charge is 0.472 e. The van der Waals surface area contributed by atoms with Gasteiger partial charge in [0.1, 0.15) is 19.8 Å². The molecule has 0 spiro atoms. The quantitative estimate of drug-likeness (QED) is 0.0212. The monoisotopic (exact) mass is 887 g/mol. The molecular weight excluding hydrogens is 786 g/mol. The molecular formula is C51H101NO8P+. The van der Waals surface area contributed by atoms with Crippen LogP contribution in [0.5, 0.6) is 0 Å². The Hall–Kier alpha value is -1.25. The molecule has 0 aliphatic carbocycles. The van der Waals surface area contributed by atoms with Crippen molar-refractivity contribution in [2.24, 2.45) is 0 Å². The molecule has 0 fully saturated rings. The second-order valence-electron chi connectivity index (χ2n) is 18.9. The zero-order chi connectivity index (χ0) is 45.0. The Labute approximate surface area is 377 Å². The van der Waals surface area contributed by atoms with Crippen LogP contribution in [0.3, 0.4) is 0 Å². The number of allylic oxidation sites excluding steroid dienone is 2. The van der Waals surface area contributed by atoms with Crippen molar-refractivity contribution in [3.63, 3.8) is 0 Å². The molecule has 9 nitrogen and oxygen atoms in total. The van der Waals surface area contributed by atoms with Gasteiger partial charge >= 0.3 is 19.8 Å². The van der Waals surface area contributed by atoms with Crippen molar-refractivity contribution in [3.05, 3.63) is 12.2 Å². The van der Waals surface area contributed by atoms with Crippen molar-refractivity contribution in [1.29, 1.82) is 0 Å². The Morgan fingerprint density at radius 3 is 1.26 bits per heavy atom. The van der Waals surface area contributed by atoms with Crippen LogP contribution in [0.15, 0.2) is 12.2 Å². The third-order valence-corrected chi connectivity index (χ3v) is 12.5. The predicted octanol–water partition coefficient (Wildman–Crippen LogP) is 15.3. The number of nitrogens with zero attached hydrogens (tertiary/aromatic N) is 1. The Morgan fingerprint density at radius 1 is 0.492 bits per heavy atom. The molecule has 0 amide bonds. The Morgan fingerprint density at radius 2 is 0.852 bits per heavy atom. The maximum atomic E-state index is 12.7. The smallest absolute Gasteiger partial charge is 0.462 e. The minimum Gasteiger partial charge on any atom is -0.462 e. The summed E-state index contributed by atoms with van der Waals surface area (Å²) in [4.78, 5) is 35.5. The Balaban J connectivity index is 4.19. The molecule has 10 heteroatoms. The molecule has 0 aromatic rings. The van der Waals surface area contributed by atoms with Gasteiger partial charge in [-0.2, -0.15) is 0 Å². The second-order valence-corrected chi connectivity index (χ2v) is 20.4. The van der Waals surface area contributed by atoms with Gasteiger partial charge in [-0.25, -0.2) is 4.57 Å². The molecule has 1 unspecified atom stereocenters. The van der Waals surface area contributed by atoms with Crippen molar-refractivity contribution < 1.29 is 42.1 Å². The van der Waals surface area contributed by atoms with Gasteiger partial charge in [-0.05, 0) is 32.1 Å². The number of carbonyl (C=O) groups is 2. The van der Waals surface area contributed by atoms with E-state index in [-0.39, 0.29) is 26.1 Å². The van der Waals surface area contributed by atoms with E-state index in [1.807, 2.05) is 21.1 Å². The lowest BCUT2D eigenvalue weighted by atomic mass is 10.0. The molecule has 0 heterocycles. The topological polar surface area (TPSA) is 108 Å². The molecule has 0 bridgehead atoms. The van der Waals surface area contributed by atoms with Crippen LogP contribution in [-0.4, -0.2) is 74.9 Å². The molecule has 0 saturated heterocycles. The Bertz CT molecular complexity index is 1050. The summed E-state index contributed by atoms with van der Waals surface area (Å²) in [5.41, 5.74) is 0. The van der Waals surface area contributed by atoms with Gasteiger partial charge in [0.05, 0.1) is 27.7 Å². The summed E-state index contributed by atoms with van der Waals surface area (Å²) in [5.74, 6) is -0.821. The first kappa shape index (κ1) is 59.8. The number of phosphoric ester groups is 1. The lowest BCUT2D eigenvalue weighted by molar-refractivity contribution is -0.870. The molecule has 2 atom stereocenters. The van der Waals surface area contributed by atoms with Crippen molar-refractivity contribution in [2.45, 2.75) is 258 Å². The van der Waals surface area contributed by atoms with E-state index in [4.69, 9.17) is 18.5 Å². The molecule has 61 heavy (non-hydrogen) atoms. The minimum atomic E-state index is -4.38. The fourth-order valence-electron chi connectivity index (χ4n) is 7.49. The highest BCUT2D eigenvalue weighted by atomic mass is 31.2. The van der Waals surface area contributed by atoms with Crippen LogP contribution in [0, 0.1) is 0 Å². The van der Waals surface area contributed by atoms with Crippen molar-refractivity contribution in [3.8, 4) is 0 Å². The molecule has 0 aliphatic heterocycles. The molecule has 0 aromatic carbocycles. The van der Waals surface area contributed by atoms with E-state index in [1.165, 1.54) is 186 Å². The highest BCUT2D eigenvalue weighted by molar-refractivity contribution is 7.47. The number of unbranched alkanes of at least 4 members (excludes halogenated alkanes) is 32. The van der Waals surface area contributed by atoms with Crippen LogP contribution in [0.25, 0.3) is 0 Å². The van der Waals surface area contributed by atoms with E-state index in [9.17, 15) is 19.0 Å². The SMILES string of the molecule is CCCCCCCCCCCCCCCCCCCC/C=C/CCCC(=O)OC[C@@H](COP(=O)(O)OCC[N+](C)(C)C)OC(=O)CCCCCCCCCCCCCCCC. The number of quaternary nitrogens is 1. The summed E-state index contributed by atoms with van der Waals surface area (Å²) in [7, 11) is 1.48. The first-order valence-corrected chi connectivity index (χ1v) is 27.4. The number of hydrogen-bond acceptors (Lipinski definition) is 7. The lowest BCUT2D eigenvalue weighted by Gasteiger charge is -2.24. The summed E-state index contributed by atoms with van der Waals surface area (Å²) in [6.07, 6.45) is 48.5. The van der Waals surface area contributed by atoms with Gasteiger partial charge in [-0.3, -0.25) is 18.6 Å². The number of esters is 2. The van der Waals surface area contributed by atoms with Gasteiger partial charge in [-0.1, -0.05) is 219 Å². The van der Waals surface area contributed by atoms with E-state index < -0.39 is 32.5 Å². The number of likely N-dealkylation sites (N-methyl/N-ethyl adjacent to an activating group) is 1. The van der Waals surface area contributed by atoms with Crippen LogP contribution >= 0.6 is 7.82 Å². The molecule has 0 aliphatic rings. The number of rotatable bonds is 48. The average Bonchev–Trinajstić information content (AvgIpc) is 3.21. The minimum absolute atomic E-state index is 0.0316. The van der Waals surface area contributed by atoms with E-state index in [0.717, 1.165) is 25.7 Å². The molecule has 1 N–H and O–H groups in total. The van der Waals surface area contributed by atoms with Gasteiger partial charge in [-0.15, -0.1) is 0 Å². The van der Waals surface area contributed by atoms with Crippen LogP contribution < -0.4 is 0 Å². The van der Waals surface area contributed by atoms with E-state index in [0.29, 0.717) is 23.9 Å². The van der Waals surface area contributed by atoms with Crippen LogP contribution in [0.4, 0.5) is 0 Å². The highest BCUT2D eigenvalue weighted by Crippen LogP contribution is 2.43. The molecule has 362 valence electrons. The third-order valence-electron chi connectivity index (χ3n) is 11.5. The fraction of sp³-hybridized carbons (Fsp3) is 0.922. The zero-order valence-corrected chi connectivity index (χ0v) is 41.8. The predicted molar refractivity (Wildman–Crippen MR) is 257 cm³/mol. The van der Waals surface area contributed by atoms with E-state index in [2.05, 4.69) is 26.0 Å². The number of carbonyl (C=O) groups excluding carboxylic acids is 2. The third kappa shape index (κ3) is 48.1. The van der Waals surface area contributed by atoms with E-state index in [1.54, 1.807) is 0 Å².